The summed E-state index contributed by atoms with van der Waals surface area (Å²) in [5, 5.41) is 27.5. The van der Waals surface area contributed by atoms with E-state index in [1.807, 2.05) is 28.4 Å². The van der Waals surface area contributed by atoms with E-state index in [1.165, 1.54) is 21.9 Å². The van der Waals surface area contributed by atoms with Crippen LogP contribution in [-0.4, -0.2) is 65.1 Å². The van der Waals surface area contributed by atoms with E-state index in [9.17, 15) is 10.2 Å². The molecular weight excluding hydrogens is 588 g/mol. The minimum atomic E-state index is -0.218. The van der Waals surface area contributed by atoms with E-state index >= 15 is 0 Å². The van der Waals surface area contributed by atoms with Crippen LogP contribution in [-0.2, 0) is 9.47 Å². The summed E-state index contributed by atoms with van der Waals surface area (Å²) in [6.45, 7) is 1.82. The van der Waals surface area contributed by atoms with E-state index in [0.717, 1.165) is 54.7 Å². The van der Waals surface area contributed by atoms with Crippen molar-refractivity contribution in [3.8, 4) is 11.5 Å². The fourth-order valence-electron chi connectivity index (χ4n) is 16.6. The van der Waals surface area contributed by atoms with Crippen LogP contribution in [0.1, 0.15) is 42.2 Å². The maximum Gasteiger partial charge on any atom is 0.130 e. The van der Waals surface area contributed by atoms with Gasteiger partial charge in [0.1, 0.15) is 11.5 Å². The van der Waals surface area contributed by atoms with Crippen LogP contribution in [0.5, 0.6) is 11.5 Å². The van der Waals surface area contributed by atoms with Crippen molar-refractivity contribution in [3.63, 3.8) is 0 Å². The van der Waals surface area contributed by atoms with E-state index < -0.39 is 0 Å². The van der Waals surface area contributed by atoms with E-state index in [-0.39, 0.29) is 34.9 Å². The average Bonchev–Trinajstić information content (AvgIpc) is 3.91. The quantitative estimate of drug-likeness (QED) is 0.134. The van der Waals surface area contributed by atoms with E-state index in [4.69, 9.17) is 18.9 Å². The third-order valence-corrected chi connectivity index (χ3v) is 17.0. The first-order chi connectivity index (χ1) is 23.0. The Morgan fingerprint density at radius 3 is 1.49 bits per heavy atom. The van der Waals surface area contributed by atoms with Crippen molar-refractivity contribution in [2.24, 2.45) is 69.0 Å². The Labute approximate surface area is 276 Å². The zero-order valence-corrected chi connectivity index (χ0v) is 27.9. The minimum absolute atomic E-state index is 0.0305. The molecule has 0 radical (unpaired) electrons. The molecule has 0 spiro atoms. The molecule has 6 saturated carbocycles. The molecule has 14 atom stereocenters. The van der Waals surface area contributed by atoms with Gasteiger partial charge < -0.3 is 29.2 Å². The summed E-state index contributed by atoms with van der Waals surface area (Å²) in [5.41, 5.74) is 2.25. The second kappa shape index (κ2) is 8.74. The van der Waals surface area contributed by atoms with Crippen molar-refractivity contribution in [1.82, 2.24) is 0 Å². The summed E-state index contributed by atoms with van der Waals surface area (Å²) >= 11 is 0. The molecule has 0 unspecified atom stereocenters. The van der Waals surface area contributed by atoms with Gasteiger partial charge in [0.2, 0.25) is 0 Å². The summed E-state index contributed by atoms with van der Waals surface area (Å²) in [6.07, 6.45) is 8.15. The van der Waals surface area contributed by atoms with Crippen LogP contribution in [0.4, 0.5) is 0 Å². The zero-order chi connectivity index (χ0) is 31.8. The minimum Gasteiger partial charge on any atom is -0.496 e. The van der Waals surface area contributed by atoms with Gasteiger partial charge in [0, 0.05) is 57.8 Å². The van der Waals surface area contributed by atoms with E-state index in [0.29, 0.717) is 59.2 Å². The highest BCUT2D eigenvalue weighted by molar-refractivity contribution is 6.05. The van der Waals surface area contributed by atoms with Gasteiger partial charge in [-0.2, -0.15) is 0 Å². The fourth-order valence-corrected chi connectivity index (χ4v) is 16.6. The number of benzene rings is 3. The maximum atomic E-state index is 11.4. The van der Waals surface area contributed by atoms with Crippen LogP contribution in [0.25, 0.3) is 21.5 Å². The van der Waals surface area contributed by atoms with Crippen LogP contribution >= 0.6 is 0 Å². The number of fused-ring (bicyclic) bond motifs is 27. The van der Waals surface area contributed by atoms with Crippen molar-refractivity contribution in [2.45, 2.75) is 31.1 Å². The predicted octanol–water partition coefficient (Wildman–Crippen LogP) is 6.17. The van der Waals surface area contributed by atoms with Gasteiger partial charge in [0.15, 0.2) is 0 Å². The Hall–Kier alpha value is -2.64. The topological polar surface area (TPSA) is 77.4 Å². The molecule has 0 saturated heterocycles. The fraction of sp³-hybridized carbons (Fsp3) is 0.610. The van der Waals surface area contributed by atoms with Crippen molar-refractivity contribution in [3.05, 3.63) is 59.7 Å². The molecule has 47 heavy (non-hydrogen) atoms. The third-order valence-electron chi connectivity index (χ3n) is 17.0. The first kappa shape index (κ1) is 28.2. The molecule has 3 aromatic rings. The Balaban J connectivity index is 1.15. The number of hydrogen-bond acceptors (Lipinski definition) is 6. The first-order valence-corrected chi connectivity index (χ1v) is 18.0. The van der Waals surface area contributed by atoms with Crippen LogP contribution in [0.15, 0.2) is 48.6 Å². The number of methoxy groups -OCH3 is 4. The largest absolute Gasteiger partial charge is 0.496 e. The number of rotatable bonds is 8. The highest BCUT2D eigenvalue weighted by Gasteiger charge is 2.95. The monoisotopic (exact) mass is 634 g/mol. The van der Waals surface area contributed by atoms with Crippen LogP contribution < -0.4 is 9.47 Å². The van der Waals surface area contributed by atoms with Gasteiger partial charge in [0.05, 0.1) is 40.6 Å². The molecule has 8 aliphatic rings. The van der Waals surface area contributed by atoms with Gasteiger partial charge in [-0.15, -0.1) is 0 Å². The van der Waals surface area contributed by atoms with Gasteiger partial charge in [-0.1, -0.05) is 36.4 Å². The summed E-state index contributed by atoms with van der Waals surface area (Å²) in [6, 6.07) is 13.2. The van der Waals surface area contributed by atoms with E-state index in [2.05, 4.69) is 48.6 Å². The molecule has 0 heterocycles. The Morgan fingerprint density at radius 2 is 1.09 bits per heavy atom. The lowest BCUT2D eigenvalue weighted by atomic mass is 9.22. The molecule has 2 N–H and O–H groups in total. The highest BCUT2D eigenvalue weighted by Crippen LogP contribution is 2.97. The maximum absolute atomic E-state index is 11.4. The Bertz CT molecular complexity index is 1790. The lowest BCUT2D eigenvalue weighted by Gasteiger charge is -2.82. The second-order valence-corrected chi connectivity index (χ2v) is 16.8. The smallest absolute Gasteiger partial charge is 0.130 e. The standard InChI is InChI=1S/C41H46O6/c1-44-18-40-28-15-29(35-34(28)38(16-42)22-9-10-23(13-22)39(35,38)17-43)41(40,19-45-2)33-27-14-26(32(33)40)30-31(27)37(47-4)25-12-21-8-6-5-7-20(21)11-24(25)36(30)46-3/h5-12,22-23,26-29,32-35,42-43H,13-19H2,1-4H3/t22-,23+,26-,27+,28+,29-,32-,33+,34-,35+,38+,39-,40+,41-. The van der Waals surface area contributed by atoms with Gasteiger partial charge in [-0.3, -0.25) is 0 Å². The molecule has 0 aliphatic heterocycles. The lowest BCUT2D eigenvalue weighted by molar-refractivity contribution is -0.372. The number of aliphatic hydroxyl groups is 2. The van der Waals surface area contributed by atoms with Crippen LogP contribution in [0.3, 0.4) is 0 Å². The molecule has 6 bridgehead atoms. The zero-order valence-electron chi connectivity index (χ0n) is 27.9. The Kier molecular flexibility index (Phi) is 5.25. The van der Waals surface area contributed by atoms with Crippen molar-refractivity contribution < 1.29 is 29.2 Å². The van der Waals surface area contributed by atoms with Crippen LogP contribution in [0.2, 0.25) is 0 Å². The summed E-state index contributed by atoms with van der Waals surface area (Å²) in [7, 11) is 7.49. The van der Waals surface area contributed by atoms with Crippen molar-refractivity contribution in [2.75, 3.05) is 54.9 Å². The number of hydrogen-bond donors (Lipinski definition) is 2. The van der Waals surface area contributed by atoms with Crippen LogP contribution in [0, 0.1) is 69.0 Å². The van der Waals surface area contributed by atoms with Crippen molar-refractivity contribution in [1.29, 1.82) is 0 Å². The molecule has 6 heteroatoms. The molecule has 3 aromatic carbocycles. The number of allylic oxidation sites excluding steroid dienone is 2. The van der Waals surface area contributed by atoms with Gasteiger partial charge >= 0.3 is 0 Å². The lowest BCUT2D eigenvalue weighted by Crippen LogP contribution is -2.82. The van der Waals surface area contributed by atoms with Crippen molar-refractivity contribution >= 4 is 21.5 Å². The SMILES string of the molecule is COC[C@@]12[C@@H]3[C@@H]([C@@H]4C[C@H]3c3c4c(OC)c4cc5ccccc5cc4c3OC)[C@]1(COC)[C@H]1C[C@@H]2[C@H]2[C@@H]1[C@]1(CO)[C@@H]3C=C[C@@H](C3)[C@]21CO. The normalized spacial score (nSPS) is 47.9. The molecule has 246 valence electrons. The molecule has 0 amide bonds. The number of aliphatic hydroxyl groups excluding tert-OH is 2. The summed E-state index contributed by atoms with van der Waals surface area (Å²) < 4.78 is 25.6. The molecule has 0 aromatic heterocycles. The number of ether oxygens (including phenoxy) is 4. The van der Waals surface area contributed by atoms with Gasteiger partial charge in [-0.05, 0) is 101 Å². The molecular formula is C41H46O6. The van der Waals surface area contributed by atoms with Gasteiger partial charge in [-0.25, -0.2) is 0 Å². The molecule has 8 aliphatic carbocycles. The van der Waals surface area contributed by atoms with Gasteiger partial charge in [0.25, 0.3) is 0 Å². The first-order valence-electron chi connectivity index (χ1n) is 18.0. The van der Waals surface area contributed by atoms with E-state index in [1.54, 1.807) is 0 Å². The molecule has 6 nitrogen and oxygen atoms in total. The average molecular weight is 635 g/mol. The molecule has 11 rings (SSSR count). The third kappa shape index (κ3) is 2.47. The molecule has 6 fully saturated rings. The highest BCUT2D eigenvalue weighted by atomic mass is 16.5. The predicted molar refractivity (Wildman–Crippen MR) is 179 cm³/mol. The summed E-state index contributed by atoms with van der Waals surface area (Å²) in [4.78, 5) is 0. The Morgan fingerprint density at radius 1 is 0.617 bits per heavy atom. The second-order valence-electron chi connectivity index (χ2n) is 16.8. The summed E-state index contributed by atoms with van der Waals surface area (Å²) in [5.74, 6) is 6.20.